The Balaban J connectivity index is 3.36. The molecule has 1 aromatic carbocycles. The summed E-state index contributed by atoms with van der Waals surface area (Å²) in [4.78, 5) is 6.27. The minimum absolute atomic E-state index is 0.453. The fourth-order valence-corrected chi connectivity index (χ4v) is 1.32. The molecule has 0 bridgehead atoms. The number of aliphatic imine (C=N–C) groups is 1. The molecule has 0 spiro atoms. The lowest BCUT2D eigenvalue weighted by molar-refractivity contribution is 0.355. The molecular weight excluding hydrogens is 230 g/mol. The van der Waals surface area contributed by atoms with Crippen LogP contribution in [0.3, 0.4) is 0 Å². The molecule has 0 aliphatic rings. The highest BCUT2D eigenvalue weighted by Gasteiger charge is 2.11. The Morgan fingerprint density at radius 1 is 1.22 bits per heavy atom. The van der Waals surface area contributed by atoms with E-state index in [1.54, 1.807) is 19.2 Å². The molecule has 96 valence electrons. The number of ether oxygens (including phenoxy) is 2. The second-order valence-corrected chi connectivity index (χ2v) is 3.89. The number of hydrogen-bond donors (Lipinski definition) is 0. The second kappa shape index (κ2) is 5.92. The standard InChI is InChI=1S/C13H17N3O2/c1-9(16(2)3)15-11-7-13(18-5)12(17-4)6-10(11)8-14/h6-7H,1-5H3. The maximum atomic E-state index is 9.12. The molecule has 1 rings (SSSR count). The molecule has 0 aromatic heterocycles. The number of benzene rings is 1. The maximum Gasteiger partial charge on any atom is 0.162 e. The summed E-state index contributed by atoms with van der Waals surface area (Å²) < 4.78 is 10.4. The molecular formula is C13H17N3O2. The molecule has 0 saturated heterocycles. The predicted octanol–water partition coefficient (Wildman–Crippen LogP) is 2.19. The van der Waals surface area contributed by atoms with Crippen LogP contribution in [0.25, 0.3) is 0 Å². The lowest BCUT2D eigenvalue weighted by Gasteiger charge is -2.13. The normalized spacial score (nSPS) is 10.8. The number of methoxy groups -OCH3 is 2. The van der Waals surface area contributed by atoms with E-state index in [2.05, 4.69) is 11.1 Å². The van der Waals surface area contributed by atoms with Crippen molar-refractivity contribution in [3.8, 4) is 17.6 Å². The summed E-state index contributed by atoms with van der Waals surface area (Å²) in [5.74, 6) is 1.89. The van der Waals surface area contributed by atoms with Gasteiger partial charge in [0.2, 0.25) is 0 Å². The van der Waals surface area contributed by atoms with E-state index in [0.717, 1.165) is 5.84 Å². The van der Waals surface area contributed by atoms with Crippen LogP contribution in [0.5, 0.6) is 11.5 Å². The van der Waals surface area contributed by atoms with E-state index < -0.39 is 0 Å². The van der Waals surface area contributed by atoms with Crippen LogP contribution in [0.4, 0.5) is 5.69 Å². The van der Waals surface area contributed by atoms with Crippen molar-refractivity contribution in [2.45, 2.75) is 6.92 Å². The van der Waals surface area contributed by atoms with Gasteiger partial charge in [-0.05, 0) is 6.92 Å². The molecule has 0 N–H and O–H groups in total. The lowest BCUT2D eigenvalue weighted by atomic mass is 10.1. The van der Waals surface area contributed by atoms with Crippen molar-refractivity contribution in [1.29, 1.82) is 5.26 Å². The first-order chi connectivity index (χ1) is 8.53. The average Bonchev–Trinajstić information content (AvgIpc) is 2.37. The van der Waals surface area contributed by atoms with E-state index in [1.165, 1.54) is 7.11 Å². The Labute approximate surface area is 107 Å². The minimum Gasteiger partial charge on any atom is -0.493 e. The van der Waals surface area contributed by atoms with Gasteiger partial charge in [-0.15, -0.1) is 0 Å². The van der Waals surface area contributed by atoms with Gasteiger partial charge >= 0.3 is 0 Å². The van der Waals surface area contributed by atoms with Crippen LogP contribution in [0.2, 0.25) is 0 Å². The number of hydrogen-bond acceptors (Lipinski definition) is 4. The van der Waals surface area contributed by atoms with E-state index in [-0.39, 0.29) is 0 Å². The van der Waals surface area contributed by atoms with Gasteiger partial charge in [-0.1, -0.05) is 0 Å². The lowest BCUT2D eigenvalue weighted by Crippen LogP contribution is -2.17. The summed E-state index contributed by atoms with van der Waals surface area (Å²) in [5.41, 5.74) is 1.02. The number of nitrogens with zero attached hydrogens (tertiary/aromatic N) is 3. The molecule has 0 radical (unpaired) electrons. The third-order valence-electron chi connectivity index (χ3n) is 2.55. The zero-order valence-corrected chi connectivity index (χ0v) is 11.3. The van der Waals surface area contributed by atoms with E-state index in [1.807, 2.05) is 25.9 Å². The average molecular weight is 247 g/mol. The van der Waals surface area contributed by atoms with Crippen molar-refractivity contribution in [2.75, 3.05) is 28.3 Å². The minimum atomic E-state index is 0.453. The van der Waals surface area contributed by atoms with Gasteiger partial charge in [0.1, 0.15) is 11.9 Å². The van der Waals surface area contributed by atoms with E-state index in [9.17, 15) is 0 Å². The van der Waals surface area contributed by atoms with Gasteiger partial charge in [0.15, 0.2) is 11.5 Å². The van der Waals surface area contributed by atoms with Crippen molar-refractivity contribution >= 4 is 11.5 Å². The smallest absolute Gasteiger partial charge is 0.162 e. The molecule has 0 fully saturated rings. The van der Waals surface area contributed by atoms with Crippen molar-refractivity contribution in [3.63, 3.8) is 0 Å². The van der Waals surface area contributed by atoms with Crippen molar-refractivity contribution in [2.24, 2.45) is 4.99 Å². The van der Waals surface area contributed by atoms with Crippen LogP contribution in [-0.2, 0) is 0 Å². The van der Waals surface area contributed by atoms with Gasteiger partial charge < -0.3 is 14.4 Å². The van der Waals surface area contributed by atoms with Crippen LogP contribution in [-0.4, -0.2) is 39.1 Å². The van der Waals surface area contributed by atoms with Crippen LogP contribution in [0, 0.1) is 11.3 Å². The highest BCUT2D eigenvalue weighted by molar-refractivity contribution is 5.83. The Morgan fingerprint density at radius 2 is 1.78 bits per heavy atom. The fourth-order valence-electron chi connectivity index (χ4n) is 1.32. The summed E-state index contributed by atoms with van der Waals surface area (Å²) in [6.45, 7) is 1.87. The molecule has 5 heteroatoms. The first kappa shape index (κ1) is 13.8. The summed E-state index contributed by atoms with van der Waals surface area (Å²) >= 11 is 0. The van der Waals surface area contributed by atoms with Gasteiger partial charge in [-0.25, -0.2) is 4.99 Å². The van der Waals surface area contributed by atoms with Gasteiger partial charge in [0.25, 0.3) is 0 Å². The summed E-state index contributed by atoms with van der Waals surface area (Å²) in [6.07, 6.45) is 0. The highest BCUT2D eigenvalue weighted by atomic mass is 16.5. The monoisotopic (exact) mass is 247 g/mol. The van der Waals surface area contributed by atoms with Crippen LogP contribution in [0.15, 0.2) is 17.1 Å². The number of rotatable bonds is 3. The molecule has 0 unspecified atom stereocenters. The summed E-state index contributed by atoms with van der Waals surface area (Å²) in [5, 5.41) is 9.12. The number of amidine groups is 1. The van der Waals surface area contributed by atoms with E-state index in [0.29, 0.717) is 22.7 Å². The van der Waals surface area contributed by atoms with Crippen molar-refractivity contribution < 1.29 is 9.47 Å². The topological polar surface area (TPSA) is 57.8 Å². The Bertz CT molecular complexity index is 502. The molecule has 1 aromatic rings. The van der Waals surface area contributed by atoms with E-state index >= 15 is 0 Å². The fraction of sp³-hybridized carbons (Fsp3) is 0.385. The highest BCUT2D eigenvalue weighted by Crippen LogP contribution is 2.34. The predicted molar refractivity (Wildman–Crippen MR) is 70.7 cm³/mol. The third kappa shape index (κ3) is 2.92. The van der Waals surface area contributed by atoms with Crippen LogP contribution < -0.4 is 9.47 Å². The first-order valence-electron chi connectivity index (χ1n) is 5.42. The Morgan fingerprint density at radius 3 is 2.22 bits per heavy atom. The van der Waals surface area contributed by atoms with Gasteiger partial charge in [0, 0.05) is 26.2 Å². The SMILES string of the molecule is COc1cc(C#N)c(N=C(C)N(C)C)cc1OC. The molecule has 5 nitrogen and oxygen atoms in total. The van der Waals surface area contributed by atoms with Crippen molar-refractivity contribution in [3.05, 3.63) is 17.7 Å². The van der Waals surface area contributed by atoms with Gasteiger partial charge in [-0.3, -0.25) is 0 Å². The molecule has 0 heterocycles. The second-order valence-electron chi connectivity index (χ2n) is 3.89. The van der Waals surface area contributed by atoms with Crippen molar-refractivity contribution in [1.82, 2.24) is 4.90 Å². The van der Waals surface area contributed by atoms with Crippen LogP contribution in [0.1, 0.15) is 12.5 Å². The quantitative estimate of drug-likeness (QED) is 0.607. The Kier molecular flexibility index (Phi) is 4.55. The molecule has 0 amide bonds. The van der Waals surface area contributed by atoms with Gasteiger partial charge in [-0.2, -0.15) is 5.26 Å². The zero-order chi connectivity index (χ0) is 13.7. The summed E-state index contributed by atoms with van der Waals surface area (Å²) in [7, 11) is 6.88. The molecule has 0 aliphatic heterocycles. The van der Waals surface area contributed by atoms with E-state index in [4.69, 9.17) is 14.7 Å². The summed E-state index contributed by atoms with van der Waals surface area (Å²) in [6, 6.07) is 5.43. The van der Waals surface area contributed by atoms with Crippen LogP contribution >= 0.6 is 0 Å². The van der Waals surface area contributed by atoms with Gasteiger partial charge in [0.05, 0.1) is 25.5 Å². The molecule has 0 atom stereocenters. The molecule has 18 heavy (non-hydrogen) atoms. The molecule has 0 saturated carbocycles. The first-order valence-corrected chi connectivity index (χ1v) is 5.42. The Hall–Kier alpha value is -2.22. The maximum absolute atomic E-state index is 9.12. The zero-order valence-electron chi connectivity index (χ0n) is 11.3. The molecule has 0 aliphatic carbocycles. The third-order valence-corrected chi connectivity index (χ3v) is 2.55. The largest absolute Gasteiger partial charge is 0.493 e. The number of nitriles is 1.